The molecule has 0 saturated heterocycles. The molecule has 0 radical (unpaired) electrons. The molecule has 3 aromatic carbocycles. The van der Waals surface area contributed by atoms with E-state index in [2.05, 4.69) is 10.4 Å². The number of nitrogens with one attached hydrogen (secondary N) is 1. The van der Waals surface area contributed by atoms with Gasteiger partial charge in [0.25, 0.3) is 5.91 Å². The van der Waals surface area contributed by atoms with Crippen molar-refractivity contribution in [1.82, 2.24) is 15.1 Å². The van der Waals surface area contributed by atoms with Crippen molar-refractivity contribution >= 4 is 34.5 Å². The predicted octanol–water partition coefficient (Wildman–Crippen LogP) is 6.58. The van der Waals surface area contributed by atoms with Crippen LogP contribution < -0.4 is 5.32 Å². The number of carbonyl (C=O) groups is 2. The number of amides is 1. The Bertz CT molecular complexity index is 1540. The number of alkyl halides is 3. The van der Waals surface area contributed by atoms with E-state index < -0.39 is 34.9 Å². The highest BCUT2D eigenvalue weighted by atomic mass is 35.5. The van der Waals surface area contributed by atoms with E-state index in [9.17, 15) is 27.9 Å². The molecule has 39 heavy (non-hydrogen) atoms. The van der Waals surface area contributed by atoms with Crippen molar-refractivity contribution in [2.45, 2.75) is 45.7 Å². The lowest BCUT2D eigenvalue weighted by atomic mass is 10.0. The highest BCUT2D eigenvalue weighted by Crippen LogP contribution is 2.37. The van der Waals surface area contributed by atoms with Crippen LogP contribution in [0.2, 0.25) is 5.02 Å². The van der Waals surface area contributed by atoms with Gasteiger partial charge >= 0.3 is 12.3 Å². The van der Waals surface area contributed by atoms with Gasteiger partial charge in [0.2, 0.25) is 0 Å². The summed E-state index contributed by atoms with van der Waals surface area (Å²) in [5.74, 6) is -1.06. The fourth-order valence-electron chi connectivity index (χ4n) is 3.98. The van der Waals surface area contributed by atoms with Crippen LogP contribution in [-0.4, -0.2) is 32.5 Å². The number of rotatable bonds is 5. The molecule has 2 N–H and O–H groups in total. The monoisotopic (exact) mass is 559 g/mol. The van der Waals surface area contributed by atoms with Gasteiger partial charge in [0.1, 0.15) is 11.3 Å². The quantitative estimate of drug-likeness (QED) is 0.288. The largest absolute Gasteiger partial charge is 0.444 e. The number of carbonyl (C=O) groups excluding carboxylic acids is 2. The molecule has 1 amide bonds. The summed E-state index contributed by atoms with van der Waals surface area (Å²) in [6.45, 7) is 5.03. The van der Waals surface area contributed by atoms with Crippen molar-refractivity contribution in [2.24, 2.45) is 0 Å². The predicted molar refractivity (Wildman–Crippen MR) is 140 cm³/mol. The highest BCUT2D eigenvalue weighted by molar-refractivity contribution is 6.34. The second kappa shape index (κ2) is 10.7. The highest BCUT2D eigenvalue weighted by Gasteiger charge is 2.37. The summed E-state index contributed by atoms with van der Waals surface area (Å²) in [4.78, 5) is 25.7. The Morgan fingerprint density at radius 2 is 1.69 bits per heavy atom. The maximum atomic E-state index is 13.8. The summed E-state index contributed by atoms with van der Waals surface area (Å²) in [6.07, 6.45) is -5.48. The SMILES string of the molecule is CC(C)(C)OC(=O)NCc1ccc2c(-c3ccc(CO)cc3)nn(C(=O)c3c(Cl)cccc3C(F)(F)F)c2c1. The summed E-state index contributed by atoms with van der Waals surface area (Å²) in [6, 6.07) is 14.8. The van der Waals surface area contributed by atoms with Crippen LogP contribution in [0.1, 0.15) is 47.8 Å². The van der Waals surface area contributed by atoms with E-state index in [4.69, 9.17) is 16.3 Å². The average molecular weight is 560 g/mol. The summed E-state index contributed by atoms with van der Waals surface area (Å²) in [5.41, 5.74) is -0.257. The molecule has 204 valence electrons. The summed E-state index contributed by atoms with van der Waals surface area (Å²) < 4.78 is 47.5. The van der Waals surface area contributed by atoms with E-state index in [0.29, 0.717) is 27.8 Å². The lowest BCUT2D eigenvalue weighted by Gasteiger charge is -2.19. The minimum Gasteiger partial charge on any atom is -0.444 e. The zero-order chi connectivity index (χ0) is 28.5. The molecule has 7 nitrogen and oxygen atoms in total. The molecule has 0 aliphatic rings. The third-order valence-electron chi connectivity index (χ3n) is 5.72. The van der Waals surface area contributed by atoms with Gasteiger partial charge in [-0.3, -0.25) is 4.79 Å². The average Bonchev–Trinajstić information content (AvgIpc) is 3.24. The second-order valence-electron chi connectivity index (χ2n) is 9.79. The van der Waals surface area contributed by atoms with Gasteiger partial charge in [-0.25, -0.2) is 4.79 Å². The van der Waals surface area contributed by atoms with E-state index in [1.54, 1.807) is 63.2 Å². The smallest absolute Gasteiger partial charge is 0.417 e. The van der Waals surface area contributed by atoms with Crippen LogP contribution in [0.5, 0.6) is 0 Å². The van der Waals surface area contributed by atoms with Gasteiger partial charge in [-0.2, -0.15) is 23.0 Å². The van der Waals surface area contributed by atoms with Crippen molar-refractivity contribution in [3.05, 3.63) is 87.9 Å². The van der Waals surface area contributed by atoms with Gasteiger partial charge in [-0.05, 0) is 50.1 Å². The number of alkyl carbamates (subject to hydrolysis) is 1. The number of ether oxygens (including phenoxy) is 1. The van der Waals surface area contributed by atoms with Gasteiger partial charge in [0.15, 0.2) is 0 Å². The Hall–Kier alpha value is -3.89. The molecule has 0 aliphatic heterocycles. The third-order valence-corrected chi connectivity index (χ3v) is 6.03. The molecule has 0 saturated carbocycles. The van der Waals surface area contributed by atoms with Crippen LogP contribution in [0.15, 0.2) is 60.7 Å². The molecule has 0 atom stereocenters. The number of hydrogen-bond donors (Lipinski definition) is 2. The normalized spacial score (nSPS) is 12.0. The standard InChI is InChI=1S/C28H25ClF3N3O4/c1-27(2,3)39-26(38)33-14-17-9-12-19-22(13-17)35(34-24(19)18-10-7-16(15-36)8-11-18)25(37)23-20(28(30,31)32)5-4-6-21(23)29/h4-13,36H,14-15H2,1-3H3,(H,33,38). The summed E-state index contributed by atoms with van der Waals surface area (Å²) in [7, 11) is 0. The molecule has 11 heteroatoms. The van der Waals surface area contributed by atoms with E-state index in [-0.39, 0.29) is 23.7 Å². The van der Waals surface area contributed by atoms with E-state index in [1.165, 1.54) is 6.07 Å². The van der Waals surface area contributed by atoms with E-state index in [1.807, 2.05) is 0 Å². The number of halogens is 4. The molecule has 4 aromatic rings. The molecular formula is C28H25ClF3N3O4. The van der Waals surface area contributed by atoms with Crippen molar-refractivity contribution in [1.29, 1.82) is 0 Å². The lowest BCUT2D eigenvalue weighted by molar-refractivity contribution is -0.137. The van der Waals surface area contributed by atoms with Crippen molar-refractivity contribution in [2.75, 3.05) is 0 Å². The van der Waals surface area contributed by atoms with Crippen LogP contribution in [-0.2, 0) is 24.1 Å². The molecule has 0 spiro atoms. The number of benzene rings is 3. The first kappa shape index (κ1) is 28.1. The minimum atomic E-state index is -4.83. The van der Waals surface area contributed by atoms with Crippen LogP contribution in [0.3, 0.4) is 0 Å². The molecule has 0 fully saturated rings. The zero-order valence-corrected chi connectivity index (χ0v) is 22.0. The van der Waals surface area contributed by atoms with Gasteiger partial charge in [-0.15, -0.1) is 0 Å². The maximum absolute atomic E-state index is 13.8. The Morgan fingerprint density at radius 1 is 1.03 bits per heavy atom. The topological polar surface area (TPSA) is 93.4 Å². The first-order chi connectivity index (χ1) is 18.3. The number of nitrogens with zero attached hydrogens (tertiary/aromatic N) is 2. The zero-order valence-electron chi connectivity index (χ0n) is 21.3. The Balaban J connectivity index is 1.84. The van der Waals surface area contributed by atoms with Gasteiger partial charge in [0.05, 0.1) is 28.3 Å². The minimum absolute atomic E-state index is 0.0324. The Morgan fingerprint density at radius 3 is 2.31 bits per heavy atom. The Kier molecular flexibility index (Phi) is 7.72. The van der Waals surface area contributed by atoms with E-state index in [0.717, 1.165) is 16.8 Å². The van der Waals surface area contributed by atoms with Crippen molar-refractivity contribution in [3.8, 4) is 11.3 Å². The molecular weight excluding hydrogens is 535 g/mol. The van der Waals surface area contributed by atoms with Crippen LogP contribution in [0, 0.1) is 0 Å². The molecule has 1 aromatic heterocycles. The fraction of sp³-hybridized carbons (Fsp3) is 0.250. The van der Waals surface area contributed by atoms with E-state index >= 15 is 0 Å². The van der Waals surface area contributed by atoms with Crippen LogP contribution in [0.25, 0.3) is 22.2 Å². The van der Waals surface area contributed by atoms with Gasteiger partial charge < -0.3 is 15.2 Å². The van der Waals surface area contributed by atoms with Crippen LogP contribution >= 0.6 is 11.6 Å². The van der Waals surface area contributed by atoms with Crippen molar-refractivity contribution < 1.29 is 32.6 Å². The molecule has 0 unspecified atom stereocenters. The third kappa shape index (κ3) is 6.23. The maximum Gasteiger partial charge on any atom is 0.417 e. The number of aliphatic hydroxyl groups is 1. The summed E-state index contributed by atoms with van der Waals surface area (Å²) >= 11 is 6.11. The van der Waals surface area contributed by atoms with Crippen molar-refractivity contribution in [3.63, 3.8) is 0 Å². The van der Waals surface area contributed by atoms with Gasteiger partial charge in [-0.1, -0.05) is 54.1 Å². The first-order valence-electron chi connectivity index (χ1n) is 11.9. The molecule has 0 aliphatic carbocycles. The number of aromatic nitrogens is 2. The fourth-order valence-corrected chi connectivity index (χ4v) is 4.23. The Labute approximate surface area is 227 Å². The molecule has 4 rings (SSSR count). The van der Waals surface area contributed by atoms with Crippen LogP contribution in [0.4, 0.5) is 18.0 Å². The van der Waals surface area contributed by atoms with Gasteiger partial charge in [0, 0.05) is 17.5 Å². The first-order valence-corrected chi connectivity index (χ1v) is 12.3. The second-order valence-corrected chi connectivity index (χ2v) is 10.2. The molecule has 0 bridgehead atoms. The molecule has 1 heterocycles. The number of hydrogen-bond acceptors (Lipinski definition) is 5. The summed E-state index contributed by atoms with van der Waals surface area (Å²) in [5, 5.41) is 16.5. The number of fused-ring (bicyclic) bond motifs is 1. The number of aliphatic hydroxyl groups excluding tert-OH is 1. The lowest BCUT2D eigenvalue weighted by Crippen LogP contribution is -2.32.